The van der Waals surface area contributed by atoms with Gasteiger partial charge in [-0.15, -0.1) is 11.3 Å². The average molecular weight is 272 g/mol. The molecule has 98 valence electrons. The van der Waals surface area contributed by atoms with Gasteiger partial charge in [-0.25, -0.2) is 9.50 Å². The van der Waals surface area contributed by atoms with E-state index in [1.807, 2.05) is 43.0 Å². The van der Waals surface area contributed by atoms with Crippen LogP contribution in [0.4, 0.5) is 0 Å². The minimum absolute atomic E-state index is 0.241. The minimum Gasteiger partial charge on any atom is -0.313 e. The number of hydrogen-bond donors (Lipinski definition) is 1. The Bertz CT molecular complexity index is 685. The fourth-order valence-corrected chi connectivity index (χ4v) is 3.08. The van der Waals surface area contributed by atoms with Crippen molar-refractivity contribution >= 4 is 16.9 Å². The fraction of sp³-hybridized carbons (Fsp3) is 0.286. The molecule has 0 radical (unpaired) electrons. The van der Waals surface area contributed by atoms with Crippen molar-refractivity contribution in [2.75, 3.05) is 7.05 Å². The Morgan fingerprint density at radius 3 is 3.05 bits per heavy atom. The Labute approximate surface area is 116 Å². The Morgan fingerprint density at radius 1 is 1.42 bits per heavy atom. The van der Waals surface area contributed by atoms with E-state index in [0.29, 0.717) is 0 Å². The van der Waals surface area contributed by atoms with Crippen LogP contribution in [0, 0.1) is 6.92 Å². The lowest BCUT2D eigenvalue weighted by atomic mass is 10.1. The van der Waals surface area contributed by atoms with Gasteiger partial charge < -0.3 is 5.32 Å². The largest absolute Gasteiger partial charge is 0.313 e. The van der Waals surface area contributed by atoms with Crippen LogP contribution in [-0.2, 0) is 6.42 Å². The van der Waals surface area contributed by atoms with E-state index in [4.69, 9.17) is 0 Å². The zero-order valence-corrected chi connectivity index (χ0v) is 11.8. The molecular weight excluding hydrogens is 256 g/mol. The number of hydrogen-bond acceptors (Lipinski definition) is 4. The quantitative estimate of drug-likeness (QED) is 0.794. The maximum atomic E-state index is 4.54. The van der Waals surface area contributed by atoms with Crippen molar-refractivity contribution in [3.63, 3.8) is 0 Å². The van der Waals surface area contributed by atoms with Gasteiger partial charge in [0.25, 0.3) is 0 Å². The third-order valence-corrected chi connectivity index (χ3v) is 4.21. The second-order valence-corrected chi connectivity index (χ2v) is 5.50. The van der Waals surface area contributed by atoms with Crippen LogP contribution in [0.3, 0.4) is 0 Å². The molecule has 1 unspecified atom stereocenters. The molecule has 0 aliphatic heterocycles. The highest BCUT2D eigenvalue weighted by Gasteiger charge is 2.16. The molecule has 0 saturated heterocycles. The summed E-state index contributed by atoms with van der Waals surface area (Å²) in [7, 11) is 1.98. The van der Waals surface area contributed by atoms with E-state index in [0.717, 1.165) is 22.6 Å². The topological polar surface area (TPSA) is 42.2 Å². The van der Waals surface area contributed by atoms with Gasteiger partial charge >= 0.3 is 0 Å². The van der Waals surface area contributed by atoms with Crippen molar-refractivity contribution in [2.24, 2.45) is 0 Å². The van der Waals surface area contributed by atoms with E-state index in [1.54, 1.807) is 11.3 Å². The predicted molar refractivity (Wildman–Crippen MR) is 77.5 cm³/mol. The molecule has 1 atom stereocenters. The van der Waals surface area contributed by atoms with Gasteiger partial charge in [0, 0.05) is 35.3 Å². The van der Waals surface area contributed by atoms with Gasteiger partial charge in [0.15, 0.2) is 0 Å². The molecule has 0 spiro atoms. The number of likely N-dealkylation sites (N-methyl/N-ethyl adjacent to an activating group) is 1. The molecule has 5 heteroatoms. The number of aryl methyl sites for hydroxylation is 1. The molecule has 0 aliphatic rings. The highest BCUT2D eigenvalue weighted by atomic mass is 32.1. The molecule has 0 saturated carbocycles. The van der Waals surface area contributed by atoms with E-state index in [-0.39, 0.29) is 6.04 Å². The third kappa shape index (κ3) is 2.39. The summed E-state index contributed by atoms with van der Waals surface area (Å²) in [5, 5.41) is 11.0. The molecule has 0 fully saturated rings. The molecule has 19 heavy (non-hydrogen) atoms. The van der Waals surface area contributed by atoms with Crippen LogP contribution in [0.2, 0.25) is 0 Å². The normalized spacial score (nSPS) is 12.9. The first kappa shape index (κ1) is 12.3. The number of nitrogens with one attached hydrogen (secondary N) is 1. The second kappa shape index (κ2) is 5.11. The van der Waals surface area contributed by atoms with Crippen LogP contribution in [-0.4, -0.2) is 21.6 Å². The number of pyridine rings is 1. The van der Waals surface area contributed by atoms with Crippen molar-refractivity contribution in [3.05, 3.63) is 52.2 Å². The van der Waals surface area contributed by atoms with Crippen molar-refractivity contribution < 1.29 is 0 Å². The maximum absolute atomic E-state index is 4.54. The molecule has 0 bridgehead atoms. The van der Waals surface area contributed by atoms with Crippen molar-refractivity contribution in [2.45, 2.75) is 19.4 Å². The van der Waals surface area contributed by atoms with Crippen LogP contribution in [0.5, 0.6) is 0 Å². The summed E-state index contributed by atoms with van der Waals surface area (Å²) in [5.74, 6) is 0. The van der Waals surface area contributed by atoms with Crippen molar-refractivity contribution in [1.29, 1.82) is 0 Å². The number of nitrogens with zero attached hydrogens (tertiary/aromatic N) is 3. The summed E-state index contributed by atoms with van der Waals surface area (Å²) < 4.78 is 1.91. The first-order chi connectivity index (χ1) is 9.28. The molecule has 3 rings (SSSR count). The van der Waals surface area contributed by atoms with Crippen LogP contribution in [0.25, 0.3) is 5.52 Å². The average Bonchev–Trinajstić information content (AvgIpc) is 3.02. The van der Waals surface area contributed by atoms with Crippen molar-refractivity contribution in [3.8, 4) is 0 Å². The molecule has 0 aliphatic carbocycles. The maximum Gasteiger partial charge on any atom is 0.0947 e. The lowest BCUT2D eigenvalue weighted by Gasteiger charge is -2.13. The van der Waals surface area contributed by atoms with E-state index in [1.165, 1.54) is 5.56 Å². The Balaban J connectivity index is 1.93. The highest BCUT2D eigenvalue weighted by molar-refractivity contribution is 7.09. The van der Waals surface area contributed by atoms with Gasteiger partial charge in [0.2, 0.25) is 0 Å². The summed E-state index contributed by atoms with van der Waals surface area (Å²) in [4.78, 5) is 4.54. The first-order valence-corrected chi connectivity index (χ1v) is 7.16. The Hall–Kier alpha value is -1.72. The molecule has 0 amide bonds. The predicted octanol–water partition coefficient (Wildman–Crippen LogP) is 2.60. The summed E-state index contributed by atoms with van der Waals surface area (Å²) in [6.45, 7) is 2.03. The van der Waals surface area contributed by atoms with Gasteiger partial charge in [0.05, 0.1) is 16.7 Å². The van der Waals surface area contributed by atoms with Crippen LogP contribution in [0.1, 0.15) is 22.3 Å². The van der Waals surface area contributed by atoms with E-state index < -0.39 is 0 Å². The summed E-state index contributed by atoms with van der Waals surface area (Å²) in [6.07, 6.45) is 4.81. The summed E-state index contributed by atoms with van der Waals surface area (Å²) in [6, 6.07) is 6.37. The third-order valence-electron chi connectivity index (χ3n) is 3.23. The van der Waals surface area contributed by atoms with Crippen LogP contribution < -0.4 is 5.32 Å². The van der Waals surface area contributed by atoms with Gasteiger partial charge in [-0.1, -0.05) is 6.07 Å². The molecular formula is C14H16N4S. The standard InChI is InChI=1S/C14H16N4S/c1-10-9-19-14(17-10)7-12(15-2)11-8-16-18-6-4-3-5-13(11)18/h3-6,8-9,12,15H,7H2,1-2H3. The SMILES string of the molecule is CNC(Cc1nc(C)cs1)c1cnn2ccccc12. The van der Waals surface area contributed by atoms with E-state index >= 15 is 0 Å². The van der Waals surface area contributed by atoms with Gasteiger partial charge in [0.1, 0.15) is 0 Å². The van der Waals surface area contributed by atoms with E-state index in [2.05, 4.69) is 26.8 Å². The molecule has 1 N–H and O–H groups in total. The number of aromatic nitrogens is 3. The Kier molecular flexibility index (Phi) is 3.31. The number of fused-ring (bicyclic) bond motifs is 1. The summed E-state index contributed by atoms with van der Waals surface area (Å²) in [5.41, 5.74) is 3.46. The van der Waals surface area contributed by atoms with Gasteiger partial charge in [-0.05, 0) is 26.1 Å². The lowest BCUT2D eigenvalue weighted by molar-refractivity contribution is 0.594. The molecule has 3 aromatic rings. The van der Waals surface area contributed by atoms with Crippen molar-refractivity contribution in [1.82, 2.24) is 19.9 Å². The van der Waals surface area contributed by atoms with E-state index in [9.17, 15) is 0 Å². The number of rotatable bonds is 4. The smallest absolute Gasteiger partial charge is 0.0947 e. The number of thiazole rings is 1. The van der Waals surface area contributed by atoms with Crippen LogP contribution >= 0.6 is 11.3 Å². The zero-order chi connectivity index (χ0) is 13.2. The summed E-state index contributed by atoms with van der Waals surface area (Å²) >= 11 is 1.72. The first-order valence-electron chi connectivity index (χ1n) is 6.28. The second-order valence-electron chi connectivity index (χ2n) is 4.56. The van der Waals surface area contributed by atoms with Gasteiger partial charge in [-0.3, -0.25) is 0 Å². The van der Waals surface area contributed by atoms with Gasteiger partial charge in [-0.2, -0.15) is 5.10 Å². The molecule has 0 aromatic carbocycles. The lowest BCUT2D eigenvalue weighted by Crippen LogP contribution is -2.18. The molecule has 3 aromatic heterocycles. The molecule has 4 nitrogen and oxygen atoms in total. The minimum atomic E-state index is 0.241. The zero-order valence-electron chi connectivity index (χ0n) is 11.0. The highest BCUT2D eigenvalue weighted by Crippen LogP contribution is 2.23. The van der Waals surface area contributed by atoms with Crippen LogP contribution in [0.15, 0.2) is 36.0 Å². The Morgan fingerprint density at radius 2 is 2.32 bits per heavy atom. The fourth-order valence-electron chi connectivity index (χ4n) is 2.26. The molecule has 3 heterocycles. The monoisotopic (exact) mass is 272 g/mol.